The summed E-state index contributed by atoms with van der Waals surface area (Å²) in [7, 11) is 0. The standard InChI is InChI=1S/C22H16F2N2O2S/c23-16-6-4-14(5-7-16)21(28)25-18-3-1-2-15(12-18)22-26(20(27)13-29-22)19-10-8-17(24)9-11-19/h1-12,22H,13H2,(H,25,28)/t22-/m1/s1. The van der Waals surface area contributed by atoms with Gasteiger partial charge < -0.3 is 5.32 Å². The Hall–Kier alpha value is -3.19. The van der Waals surface area contributed by atoms with Gasteiger partial charge >= 0.3 is 0 Å². The van der Waals surface area contributed by atoms with Crippen LogP contribution in [0.2, 0.25) is 0 Å². The van der Waals surface area contributed by atoms with E-state index in [2.05, 4.69) is 5.32 Å². The van der Waals surface area contributed by atoms with Gasteiger partial charge in [-0.15, -0.1) is 11.8 Å². The lowest BCUT2D eigenvalue weighted by atomic mass is 10.1. The predicted molar refractivity (Wildman–Crippen MR) is 110 cm³/mol. The van der Waals surface area contributed by atoms with Gasteiger partial charge in [0.05, 0.1) is 5.75 Å². The van der Waals surface area contributed by atoms with E-state index in [0.717, 1.165) is 5.56 Å². The molecular weight excluding hydrogens is 394 g/mol. The third-order valence-electron chi connectivity index (χ3n) is 4.51. The number of hydrogen-bond acceptors (Lipinski definition) is 3. The molecule has 1 heterocycles. The number of amides is 2. The fraction of sp³-hybridized carbons (Fsp3) is 0.0909. The summed E-state index contributed by atoms with van der Waals surface area (Å²) in [5, 5.41) is 2.51. The second-order valence-electron chi connectivity index (χ2n) is 6.49. The number of nitrogens with one attached hydrogen (secondary N) is 1. The Morgan fingerprint density at radius 2 is 1.62 bits per heavy atom. The third kappa shape index (κ3) is 4.14. The van der Waals surface area contributed by atoms with Gasteiger partial charge in [-0.3, -0.25) is 14.5 Å². The molecule has 0 saturated carbocycles. The van der Waals surface area contributed by atoms with Crippen molar-refractivity contribution >= 4 is 35.0 Å². The molecule has 1 fully saturated rings. The molecule has 3 aromatic carbocycles. The third-order valence-corrected chi connectivity index (χ3v) is 5.72. The number of nitrogens with zero attached hydrogens (tertiary/aromatic N) is 1. The van der Waals surface area contributed by atoms with Crippen LogP contribution in [0.3, 0.4) is 0 Å². The fourth-order valence-corrected chi connectivity index (χ4v) is 4.29. The molecule has 146 valence electrons. The quantitative estimate of drug-likeness (QED) is 0.659. The Kier molecular flexibility index (Phi) is 5.31. The molecule has 3 aromatic rings. The lowest BCUT2D eigenvalue weighted by molar-refractivity contribution is -0.115. The van der Waals surface area contributed by atoms with Gasteiger partial charge in [-0.1, -0.05) is 12.1 Å². The SMILES string of the molecule is O=C(Nc1cccc([C@H]2SCC(=O)N2c2ccc(F)cc2)c1)c1ccc(F)cc1. The molecule has 0 bridgehead atoms. The van der Waals surface area contributed by atoms with Crippen molar-refractivity contribution in [3.05, 3.63) is 95.6 Å². The van der Waals surface area contributed by atoms with E-state index in [4.69, 9.17) is 0 Å². The topological polar surface area (TPSA) is 49.4 Å². The summed E-state index contributed by atoms with van der Waals surface area (Å²) in [4.78, 5) is 26.4. The molecule has 7 heteroatoms. The van der Waals surface area contributed by atoms with Crippen molar-refractivity contribution in [3.63, 3.8) is 0 Å². The summed E-state index contributed by atoms with van der Waals surface area (Å²) < 4.78 is 26.3. The number of halogens is 2. The van der Waals surface area contributed by atoms with Crippen molar-refractivity contribution in [2.45, 2.75) is 5.37 Å². The zero-order chi connectivity index (χ0) is 20.4. The highest BCUT2D eigenvalue weighted by atomic mass is 32.2. The van der Waals surface area contributed by atoms with Crippen LogP contribution in [-0.2, 0) is 4.79 Å². The van der Waals surface area contributed by atoms with Crippen molar-refractivity contribution < 1.29 is 18.4 Å². The van der Waals surface area contributed by atoms with Crippen LogP contribution in [0.15, 0.2) is 72.8 Å². The van der Waals surface area contributed by atoms with Gasteiger partial charge in [0.25, 0.3) is 5.91 Å². The Labute approximate surface area is 170 Å². The molecule has 4 rings (SSSR count). The molecule has 1 aliphatic rings. The molecule has 4 nitrogen and oxygen atoms in total. The summed E-state index contributed by atoms with van der Waals surface area (Å²) in [5.74, 6) is -0.878. The molecule has 1 saturated heterocycles. The molecule has 2 amide bonds. The van der Waals surface area contributed by atoms with E-state index in [1.54, 1.807) is 35.2 Å². The number of benzene rings is 3. The average molecular weight is 410 g/mol. The monoisotopic (exact) mass is 410 g/mol. The van der Waals surface area contributed by atoms with Crippen LogP contribution in [0.5, 0.6) is 0 Å². The molecule has 0 radical (unpaired) electrons. The maximum atomic E-state index is 13.3. The molecule has 0 unspecified atom stereocenters. The van der Waals surface area contributed by atoms with Gasteiger partial charge in [-0.25, -0.2) is 8.78 Å². The second kappa shape index (κ2) is 8.05. The van der Waals surface area contributed by atoms with Crippen LogP contribution >= 0.6 is 11.8 Å². The normalized spacial score (nSPS) is 16.1. The van der Waals surface area contributed by atoms with Crippen LogP contribution in [-0.4, -0.2) is 17.6 Å². The number of rotatable bonds is 4. The highest BCUT2D eigenvalue weighted by Gasteiger charge is 2.34. The second-order valence-corrected chi connectivity index (χ2v) is 7.56. The van der Waals surface area contributed by atoms with Crippen LogP contribution in [0.25, 0.3) is 0 Å². The first-order valence-corrected chi connectivity index (χ1v) is 9.92. The zero-order valence-electron chi connectivity index (χ0n) is 15.1. The number of carbonyl (C=O) groups excluding carboxylic acids is 2. The van der Waals surface area contributed by atoms with E-state index in [0.29, 0.717) is 22.7 Å². The summed E-state index contributed by atoms with van der Waals surface area (Å²) in [6.07, 6.45) is 0. The highest BCUT2D eigenvalue weighted by Crippen LogP contribution is 2.42. The Morgan fingerprint density at radius 1 is 0.966 bits per heavy atom. The van der Waals surface area contributed by atoms with Crippen molar-refractivity contribution in [1.29, 1.82) is 0 Å². The maximum absolute atomic E-state index is 13.3. The summed E-state index contributed by atoms with van der Waals surface area (Å²) >= 11 is 1.46. The molecule has 1 atom stereocenters. The number of carbonyl (C=O) groups is 2. The zero-order valence-corrected chi connectivity index (χ0v) is 16.0. The van der Waals surface area contributed by atoms with Gasteiger partial charge in [0, 0.05) is 16.9 Å². The molecular formula is C22H16F2N2O2S. The van der Waals surface area contributed by atoms with Crippen LogP contribution in [0.4, 0.5) is 20.2 Å². The smallest absolute Gasteiger partial charge is 0.255 e. The minimum Gasteiger partial charge on any atom is -0.322 e. The molecule has 1 N–H and O–H groups in total. The van der Waals surface area contributed by atoms with Crippen LogP contribution in [0, 0.1) is 11.6 Å². The Morgan fingerprint density at radius 3 is 2.31 bits per heavy atom. The minimum absolute atomic E-state index is 0.0626. The minimum atomic E-state index is -0.410. The van der Waals surface area contributed by atoms with Crippen molar-refractivity contribution in [3.8, 4) is 0 Å². The Balaban J connectivity index is 1.57. The molecule has 29 heavy (non-hydrogen) atoms. The van der Waals surface area contributed by atoms with Crippen LogP contribution < -0.4 is 10.2 Å². The summed E-state index contributed by atoms with van der Waals surface area (Å²) in [5.41, 5.74) is 2.36. The van der Waals surface area contributed by atoms with E-state index in [1.165, 1.54) is 48.2 Å². The molecule has 0 aromatic heterocycles. The van der Waals surface area contributed by atoms with Crippen molar-refractivity contribution in [2.24, 2.45) is 0 Å². The lowest BCUT2D eigenvalue weighted by Crippen LogP contribution is -2.27. The number of hydrogen-bond donors (Lipinski definition) is 1. The number of thioether (sulfide) groups is 1. The largest absolute Gasteiger partial charge is 0.322 e. The van der Waals surface area contributed by atoms with E-state index in [-0.39, 0.29) is 23.0 Å². The van der Waals surface area contributed by atoms with Crippen LogP contribution in [0.1, 0.15) is 21.3 Å². The molecule has 0 aliphatic carbocycles. The first-order valence-electron chi connectivity index (χ1n) is 8.87. The molecule has 1 aliphatic heterocycles. The summed E-state index contributed by atoms with van der Waals surface area (Å²) in [6.45, 7) is 0. The van der Waals surface area contributed by atoms with E-state index >= 15 is 0 Å². The lowest BCUT2D eigenvalue weighted by Gasteiger charge is -2.24. The van der Waals surface area contributed by atoms with E-state index in [9.17, 15) is 18.4 Å². The van der Waals surface area contributed by atoms with E-state index < -0.39 is 5.82 Å². The van der Waals surface area contributed by atoms with E-state index in [1.807, 2.05) is 6.07 Å². The van der Waals surface area contributed by atoms with Gasteiger partial charge in [-0.05, 0) is 66.2 Å². The first-order chi connectivity index (χ1) is 14.0. The molecule has 0 spiro atoms. The average Bonchev–Trinajstić information content (AvgIpc) is 3.11. The van der Waals surface area contributed by atoms with Crippen molar-refractivity contribution in [2.75, 3.05) is 16.0 Å². The fourth-order valence-electron chi connectivity index (χ4n) is 3.13. The highest BCUT2D eigenvalue weighted by molar-refractivity contribution is 8.00. The van der Waals surface area contributed by atoms with Gasteiger partial charge in [0.2, 0.25) is 5.91 Å². The predicted octanol–water partition coefficient (Wildman–Crippen LogP) is 5.00. The Bertz CT molecular complexity index is 1060. The van der Waals surface area contributed by atoms with Gasteiger partial charge in [-0.2, -0.15) is 0 Å². The van der Waals surface area contributed by atoms with Gasteiger partial charge in [0.15, 0.2) is 0 Å². The van der Waals surface area contributed by atoms with Gasteiger partial charge in [0.1, 0.15) is 17.0 Å². The summed E-state index contributed by atoms with van der Waals surface area (Å²) in [6, 6.07) is 18.3. The van der Waals surface area contributed by atoms with Crippen molar-refractivity contribution in [1.82, 2.24) is 0 Å². The first kappa shape index (κ1) is 19.1. The maximum Gasteiger partial charge on any atom is 0.255 e. The number of anilines is 2.